The first kappa shape index (κ1) is 15.3. The van der Waals surface area contributed by atoms with Crippen LogP contribution in [0.15, 0.2) is 24.3 Å². The molecule has 1 aliphatic rings. The van der Waals surface area contributed by atoms with E-state index in [-0.39, 0.29) is 18.0 Å². The molecule has 1 unspecified atom stereocenters. The Labute approximate surface area is 125 Å². The van der Waals surface area contributed by atoms with Crippen LogP contribution in [0.5, 0.6) is 0 Å². The summed E-state index contributed by atoms with van der Waals surface area (Å²) in [4.78, 5) is 14.2. The molecule has 1 aromatic carbocycles. The summed E-state index contributed by atoms with van der Waals surface area (Å²) in [6.45, 7) is 4.10. The minimum absolute atomic E-state index is 0.0199. The average molecular weight is 296 g/mol. The van der Waals surface area contributed by atoms with Crippen LogP contribution in [0.2, 0.25) is 5.02 Å². The zero-order chi connectivity index (χ0) is 14.5. The van der Waals surface area contributed by atoms with E-state index in [0.29, 0.717) is 11.6 Å². The first-order valence-electron chi connectivity index (χ1n) is 7.08. The van der Waals surface area contributed by atoms with E-state index in [1.165, 1.54) is 0 Å². The molecule has 2 atom stereocenters. The Morgan fingerprint density at radius 2 is 2.30 bits per heavy atom. The maximum Gasteiger partial charge on any atom is 0.234 e. The van der Waals surface area contributed by atoms with Crippen molar-refractivity contribution in [3.8, 4) is 0 Å². The number of piperidine rings is 1. The molecule has 3 N–H and O–H groups in total. The average Bonchev–Trinajstić information content (AvgIpc) is 2.38. The second-order valence-corrected chi connectivity index (χ2v) is 5.86. The van der Waals surface area contributed by atoms with Crippen molar-refractivity contribution in [2.24, 2.45) is 5.73 Å². The van der Waals surface area contributed by atoms with E-state index in [2.05, 4.69) is 10.2 Å². The van der Waals surface area contributed by atoms with Gasteiger partial charge in [0.25, 0.3) is 0 Å². The van der Waals surface area contributed by atoms with Crippen LogP contribution in [0, 0.1) is 0 Å². The fourth-order valence-corrected chi connectivity index (χ4v) is 2.93. The Kier molecular flexibility index (Phi) is 5.40. The van der Waals surface area contributed by atoms with Crippen LogP contribution < -0.4 is 11.1 Å². The minimum atomic E-state index is -0.0883. The molecule has 0 spiro atoms. The van der Waals surface area contributed by atoms with Crippen molar-refractivity contribution < 1.29 is 4.79 Å². The van der Waals surface area contributed by atoms with Gasteiger partial charge in [0.15, 0.2) is 0 Å². The van der Waals surface area contributed by atoms with Crippen molar-refractivity contribution >= 4 is 17.5 Å². The second-order valence-electron chi connectivity index (χ2n) is 5.45. The third kappa shape index (κ3) is 4.20. The Hall–Kier alpha value is -1.10. The molecule has 20 heavy (non-hydrogen) atoms. The SMILES string of the molecule is CC(NC(=O)CN1CCC[C@@H](N)C1)c1ccccc1Cl. The second kappa shape index (κ2) is 7.07. The van der Waals surface area contributed by atoms with E-state index < -0.39 is 0 Å². The van der Waals surface area contributed by atoms with Crippen LogP contribution in [0.25, 0.3) is 0 Å². The van der Waals surface area contributed by atoms with Crippen LogP contribution in [0.3, 0.4) is 0 Å². The summed E-state index contributed by atoms with van der Waals surface area (Å²) in [7, 11) is 0. The maximum atomic E-state index is 12.1. The van der Waals surface area contributed by atoms with E-state index >= 15 is 0 Å². The molecule has 1 heterocycles. The Morgan fingerprint density at radius 3 is 3.00 bits per heavy atom. The van der Waals surface area contributed by atoms with E-state index in [1.54, 1.807) is 0 Å². The van der Waals surface area contributed by atoms with Crippen LogP contribution in [-0.4, -0.2) is 36.5 Å². The van der Waals surface area contributed by atoms with E-state index in [0.717, 1.165) is 31.5 Å². The van der Waals surface area contributed by atoms with Crippen molar-refractivity contribution in [2.75, 3.05) is 19.6 Å². The number of nitrogens with zero attached hydrogens (tertiary/aromatic N) is 1. The molecular weight excluding hydrogens is 274 g/mol. The van der Waals surface area contributed by atoms with Gasteiger partial charge >= 0.3 is 0 Å². The van der Waals surface area contributed by atoms with Gasteiger partial charge in [-0.1, -0.05) is 29.8 Å². The molecule has 1 amide bonds. The number of carbonyl (C=O) groups excluding carboxylic acids is 1. The minimum Gasteiger partial charge on any atom is -0.348 e. The lowest BCUT2D eigenvalue weighted by molar-refractivity contribution is -0.123. The number of carbonyl (C=O) groups is 1. The first-order valence-corrected chi connectivity index (χ1v) is 7.46. The van der Waals surface area contributed by atoms with Crippen molar-refractivity contribution in [1.29, 1.82) is 0 Å². The van der Waals surface area contributed by atoms with Gasteiger partial charge in [-0.05, 0) is 37.9 Å². The van der Waals surface area contributed by atoms with Gasteiger partial charge in [-0.3, -0.25) is 9.69 Å². The highest BCUT2D eigenvalue weighted by Gasteiger charge is 2.20. The number of hydrogen-bond acceptors (Lipinski definition) is 3. The van der Waals surface area contributed by atoms with Crippen LogP contribution >= 0.6 is 11.6 Å². The highest BCUT2D eigenvalue weighted by molar-refractivity contribution is 6.31. The van der Waals surface area contributed by atoms with Gasteiger partial charge in [0.2, 0.25) is 5.91 Å². The molecule has 1 aromatic rings. The molecule has 5 heteroatoms. The van der Waals surface area contributed by atoms with Crippen molar-refractivity contribution in [2.45, 2.75) is 31.8 Å². The zero-order valence-corrected chi connectivity index (χ0v) is 12.6. The van der Waals surface area contributed by atoms with Crippen molar-refractivity contribution in [1.82, 2.24) is 10.2 Å². The van der Waals surface area contributed by atoms with Crippen LogP contribution in [0.4, 0.5) is 0 Å². The quantitative estimate of drug-likeness (QED) is 0.892. The van der Waals surface area contributed by atoms with E-state index in [4.69, 9.17) is 17.3 Å². The standard InChI is InChI=1S/C15H22ClN3O/c1-11(13-6-2-3-7-14(13)16)18-15(20)10-19-8-4-5-12(17)9-19/h2-3,6-7,11-12H,4-5,8-10,17H2,1H3,(H,18,20)/t11?,12-/m1/s1. The number of halogens is 1. The van der Waals surface area contributed by atoms with E-state index in [9.17, 15) is 4.79 Å². The molecule has 0 saturated carbocycles. The zero-order valence-electron chi connectivity index (χ0n) is 11.8. The largest absolute Gasteiger partial charge is 0.348 e. The molecule has 2 rings (SSSR count). The maximum absolute atomic E-state index is 12.1. The number of hydrogen-bond donors (Lipinski definition) is 2. The van der Waals surface area contributed by atoms with Gasteiger partial charge in [-0.25, -0.2) is 0 Å². The van der Waals surface area contributed by atoms with Gasteiger partial charge in [0.1, 0.15) is 0 Å². The molecule has 0 aromatic heterocycles. The van der Waals surface area contributed by atoms with Crippen molar-refractivity contribution in [3.05, 3.63) is 34.9 Å². The number of amides is 1. The van der Waals surface area contributed by atoms with Crippen LogP contribution in [0.1, 0.15) is 31.4 Å². The molecular formula is C15H22ClN3O. The van der Waals surface area contributed by atoms with Gasteiger partial charge in [-0.2, -0.15) is 0 Å². The van der Waals surface area contributed by atoms with E-state index in [1.807, 2.05) is 31.2 Å². The first-order chi connectivity index (χ1) is 9.56. The summed E-state index contributed by atoms with van der Waals surface area (Å²) in [5, 5.41) is 3.67. The predicted molar refractivity (Wildman–Crippen MR) is 81.7 cm³/mol. The fourth-order valence-electron chi connectivity index (χ4n) is 2.63. The summed E-state index contributed by atoms with van der Waals surface area (Å²) < 4.78 is 0. The summed E-state index contributed by atoms with van der Waals surface area (Å²) in [5.74, 6) is 0.0199. The normalized spacial score (nSPS) is 21.4. The molecule has 0 radical (unpaired) electrons. The third-order valence-corrected chi connectivity index (χ3v) is 4.00. The number of rotatable bonds is 4. The number of nitrogens with two attached hydrogens (primary N) is 1. The molecule has 1 aliphatic heterocycles. The molecule has 4 nitrogen and oxygen atoms in total. The highest BCUT2D eigenvalue weighted by atomic mass is 35.5. The number of benzene rings is 1. The molecule has 1 fully saturated rings. The molecule has 0 bridgehead atoms. The summed E-state index contributed by atoms with van der Waals surface area (Å²) in [6, 6.07) is 7.68. The summed E-state index contributed by atoms with van der Waals surface area (Å²) in [6.07, 6.45) is 2.11. The third-order valence-electron chi connectivity index (χ3n) is 3.66. The molecule has 110 valence electrons. The number of likely N-dealkylation sites (tertiary alicyclic amines) is 1. The lowest BCUT2D eigenvalue weighted by atomic mass is 10.1. The van der Waals surface area contributed by atoms with Gasteiger partial charge in [0, 0.05) is 17.6 Å². The van der Waals surface area contributed by atoms with Gasteiger partial charge < -0.3 is 11.1 Å². The predicted octanol–water partition coefficient (Wildman–Crippen LogP) is 1.94. The van der Waals surface area contributed by atoms with Gasteiger partial charge in [-0.15, -0.1) is 0 Å². The van der Waals surface area contributed by atoms with Gasteiger partial charge in [0.05, 0.1) is 12.6 Å². The fraction of sp³-hybridized carbons (Fsp3) is 0.533. The Balaban J connectivity index is 1.86. The lowest BCUT2D eigenvalue weighted by Crippen LogP contribution is -2.47. The Bertz CT molecular complexity index is 466. The molecule has 0 aliphatic carbocycles. The van der Waals surface area contributed by atoms with Crippen molar-refractivity contribution in [3.63, 3.8) is 0 Å². The smallest absolute Gasteiger partial charge is 0.234 e. The monoisotopic (exact) mass is 295 g/mol. The highest BCUT2D eigenvalue weighted by Crippen LogP contribution is 2.22. The Morgan fingerprint density at radius 1 is 1.55 bits per heavy atom. The number of nitrogens with one attached hydrogen (secondary N) is 1. The summed E-state index contributed by atoms with van der Waals surface area (Å²) >= 11 is 6.14. The summed E-state index contributed by atoms with van der Waals surface area (Å²) in [5.41, 5.74) is 6.86. The topological polar surface area (TPSA) is 58.4 Å². The lowest BCUT2D eigenvalue weighted by Gasteiger charge is -2.30. The van der Waals surface area contributed by atoms with Crippen LogP contribution in [-0.2, 0) is 4.79 Å². The molecule has 1 saturated heterocycles.